The number of likely N-dealkylation sites (tertiary alicyclic amines) is 1. The van der Waals surface area contributed by atoms with Crippen molar-refractivity contribution in [2.75, 3.05) is 13.1 Å². The zero-order chi connectivity index (χ0) is 25.5. The summed E-state index contributed by atoms with van der Waals surface area (Å²) >= 11 is 0. The summed E-state index contributed by atoms with van der Waals surface area (Å²) in [4.78, 5) is 7.23. The van der Waals surface area contributed by atoms with E-state index in [-0.39, 0.29) is 11.5 Å². The van der Waals surface area contributed by atoms with Crippen molar-refractivity contribution in [3.05, 3.63) is 100 Å². The lowest BCUT2D eigenvalue weighted by molar-refractivity contribution is 0.202. The zero-order valence-corrected chi connectivity index (χ0v) is 20.8. The van der Waals surface area contributed by atoms with Crippen LogP contribution in [-0.2, 0) is 6.54 Å². The molecule has 0 amide bonds. The minimum atomic E-state index is -0.350. The van der Waals surface area contributed by atoms with Gasteiger partial charge in [-0.15, -0.1) is 12.3 Å². The van der Waals surface area contributed by atoms with Crippen LogP contribution in [-0.4, -0.2) is 29.4 Å². The van der Waals surface area contributed by atoms with Crippen molar-refractivity contribution >= 4 is 17.1 Å². The van der Waals surface area contributed by atoms with Gasteiger partial charge in [-0.25, -0.2) is 9.38 Å². The summed E-state index contributed by atoms with van der Waals surface area (Å²) in [7, 11) is 0. The van der Waals surface area contributed by atoms with Gasteiger partial charge in [0.1, 0.15) is 5.82 Å². The van der Waals surface area contributed by atoms with E-state index in [0.29, 0.717) is 17.0 Å². The Morgan fingerprint density at radius 1 is 1.08 bits per heavy atom. The molecule has 0 spiro atoms. The molecule has 0 atom stereocenters. The van der Waals surface area contributed by atoms with Crippen molar-refractivity contribution in [1.29, 1.82) is 5.41 Å². The number of piperidine rings is 1. The van der Waals surface area contributed by atoms with Gasteiger partial charge in [-0.1, -0.05) is 54.3 Å². The van der Waals surface area contributed by atoms with E-state index in [1.165, 1.54) is 12.1 Å². The van der Waals surface area contributed by atoms with E-state index >= 15 is 0 Å². The van der Waals surface area contributed by atoms with E-state index in [1.54, 1.807) is 19.1 Å². The van der Waals surface area contributed by atoms with Gasteiger partial charge in [0.15, 0.2) is 0 Å². The minimum absolute atomic E-state index is 0.273. The molecule has 1 N–H and O–H groups in total. The van der Waals surface area contributed by atoms with Crippen LogP contribution in [0.4, 0.5) is 10.1 Å². The second-order valence-electron chi connectivity index (χ2n) is 9.12. The first-order chi connectivity index (χ1) is 17.5. The quantitative estimate of drug-likeness (QED) is 0.319. The van der Waals surface area contributed by atoms with E-state index in [4.69, 9.17) is 16.8 Å². The fraction of sp³-hybridized carbons (Fsp3) is 0.250. The molecule has 3 aromatic rings. The number of aliphatic imine (C=N–C) groups is 1. The van der Waals surface area contributed by atoms with Gasteiger partial charge in [0.05, 0.1) is 17.1 Å². The molecule has 0 saturated carbocycles. The molecule has 4 rings (SSSR count). The maximum Gasteiger partial charge on any atom is 0.123 e. The van der Waals surface area contributed by atoms with E-state index < -0.39 is 0 Å². The third-order valence-electron chi connectivity index (χ3n) is 6.61. The maximum absolute atomic E-state index is 13.7. The highest BCUT2D eigenvalue weighted by atomic mass is 19.1. The molecular formula is C32H30FN3. The number of nitrogens with one attached hydrogen (secondary N) is 1. The number of hydrogen-bond donors (Lipinski definition) is 1. The summed E-state index contributed by atoms with van der Waals surface area (Å²) in [6.45, 7) is 6.52. The maximum atomic E-state index is 13.7. The van der Waals surface area contributed by atoms with Crippen LogP contribution in [0.3, 0.4) is 0 Å². The summed E-state index contributed by atoms with van der Waals surface area (Å²) < 4.78 is 13.7. The number of terminal acetylenes is 1. The summed E-state index contributed by atoms with van der Waals surface area (Å²) in [5.74, 6) is 8.87. The Hall–Kier alpha value is -3.99. The highest BCUT2D eigenvalue weighted by molar-refractivity contribution is 6.12. The Bertz CT molecular complexity index is 1390. The predicted octanol–water partition coefficient (Wildman–Crippen LogP) is 6.54. The number of benzene rings is 3. The summed E-state index contributed by atoms with van der Waals surface area (Å²) in [6.07, 6.45) is 7.79. The van der Waals surface area contributed by atoms with Gasteiger partial charge in [0.2, 0.25) is 0 Å². The van der Waals surface area contributed by atoms with E-state index in [1.807, 2.05) is 30.3 Å². The average Bonchev–Trinajstić information content (AvgIpc) is 2.89. The van der Waals surface area contributed by atoms with Gasteiger partial charge in [0.25, 0.3) is 0 Å². The van der Waals surface area contributed by atoms with Crippen LogP contribution in [0.15, 0.2) is 71.7 Å². The molecular weight excluding hydrogens is 445 g/mol. The highest BCUT2D eigenvalue weighted by Gasteiger charge is 2.23. The molecule has 0 radical (unpaired) electrons. The van der Waals surface area contributed by atoms with Crippen LogP contribution < -0.4 is 0 Å². The molecule has 0 aromatic heterocycles. The molecule has 0 unspecified atom stereocenters. The molecule has 0 bridgehead atoms. The molecule has 3 nitrogen and oxygen atoms in total. The van der Waals surface area contributed by atoms with Crippen LogP contribution >= 0.6 is 0 Å². The lowest BCUT2D eigenvalue weighted by atomic mass is 9.91. The Morgan fingerprint density at radius 2 is 1.86 bits per heavy atom. The number of hydrogen-bond acceptors (Lipinski definition) is 3. The fourth-order valence-corrected chi connectivity index (χ4v) is 4.63. The smallest absolute Gasteiger partial charge is 0.123 e. The zero-order valence-electron chi connectivity index (χ0n) is 20.8. The predicted molar refractivity (Wildman–Crippen MR) is 146 cm³/mol. The number of halogens is 1. The van der Waals surface area contributed by atoms with Gasteiger partial charge < -0.3 is 0 Å². The summed E-state index contributed by atoms with van der Waals surface area (Å²) in [5.41, 5.74) is 6.37. The van der Waals surface area contributed by atoms with Crippen LogP contribution in [0.5, 0.6) is 0 Å². The normalized spacial score (nSPS) is 14.6. The molecule has 3 aromatic carbocycles. The second-order valence-corrected chi connectivity index (χ2v) is 9.12. The first-order valence-corrected chi connectivity index (χ1v) is 12.2. The lowest BCUT2D eigenvalue weighted by Gasteiger charge is -2.31. The first-order valence-electron chi connectivity index (χ1n) is 12.2. The van der Waals surface area contributed by atoms with Crippen molar-refractivity contribution in [3.8, 4) is 24.2 Å². The molecule has 0 aliphatic carbocycles. The van der Waals surface area contributed by atoms with E-state index in [2.05, 4.69) is 41.7 Å². The molecule has 1 heterocycles. The lowest BCUT2D eigenvalue weighted by Crippen LogP contribution is -2.35. The van der Waals surface area contributed by atoms with Crippen molar-refractivity contribution in [3.63, 3.8) is 0 Å². The van der Waals surface area contributed by atoms with Gasteiger partial charge in [-0.3, -0.25) is 10.3 Å². The van der Waals surface area contributed by atoms with E-state index in [9.17, 15) is 4.39 Å². The Morgan fingerprint density at radius 3 is 2.56 bits per heavy atom. The van der Waals surface area contributed by atoms with Crippen molar-refractivity contribution in [2.24, 2.45) is 10.9 Å². The van der Waals surface area contributed by atoms with Crippen molar-refractivity contribution < 1.29 is 4.39 Å². The average molecular weight is 476 g/mol. The van der Waals surface area contributed by atoms with Crippen LogP contribution in [0, 0.1) is 48.3 Å². The first kappa shape index (κ1) is 25.1. The molecule has 36 heavy (non-hydrogen) atoms. The SMILES string of the molecule is C#CC(=Nc1ccccc1C)C1CCN(Cc2ccc(C(=N)c3cccc(F)c3)c(C#CC)c2)CC1. The Labute approximate surface area is 213 Å². The minimum Gasteiger partial charge on any atom is -0.300 e. The third-order valence-corrected chi connectivity index (χ3v) is 6.61. The summed E-state index contributed by atoms with van der Waals surface area (Å²) in [5, 5.41) is 8.61. The van der Waals surface area contributed by atoms with Crippen LogP contribution in [0.1, 0.15) is 47.6 Å². The van der Waals surface area contributed by atoms with E-state index in [0.717, 1.165) is 60.6 Å². The molecule has 180 valence electrons. The molecule has 4 heteroatoms. The van der Waals surface area contributed by atoms with Gasteiger partial charge >= 0.3 is 0 Å². The third kappa shape index (κ3) is 5.98. The van der Waals surface area contributed by atoms with Gasteiger partial charge in [-0.05, 0) is 75.2 Å². The number of para-hydroxylation sites is 1. The Balaban J connectivity index is 1.45. The molecule has 1 aliphatic heterocycles. The molecule has 1 saturated heterocycles. The highest BCUT2D eigenvalue weighted by Crippen LogP contribution is 2.25. The van der Waals surface area contributed by atoms with Gasteiger partial charge in [-0.2, -0.15) is 0 Å². The summed E-state index contributed by atoms with van der Waals surface area (Å²) in [6, 6.07) is 20.2. The monoisotopic (exact) mass is 475 g/mol. The van der Waals surface area contributed by atoms with Crippen LogP contribution in [0.25, 0.3) is 0 Å². The number of nitrogens with zero attached hydrogens (tertiary/aromatic N) is 2. The molecule has 1 fully saturated rings. The Kier molecular flexibility index (Phi) is 8.11. The van der Waals surface area contributed by atoms with Crippen LogP contribution in [0.2, 0.25) is 0 Å². The topological polar surface area (TPSA) is 39.5 Å². The number of rotatable bonds is 6. The van der Waals surface area contributed by atoms with Crippen molar-refractivity contribution in [1.82, 2.24) is 4.90 Å². The standard InChI is InChI=1S/C32H30FN3/c1-4-9-26-20-24(14-15-29(26)32(34)27-11-8-12-28(33)21-27)22-36-18-16-25(17-19-36)30(5-2)35-31-13-7-6-10-23(31)3/h2,6-8,10-15,20-21,25,34H,16-19,22H2,1,3H3. The largest absolute Gasteiger partial charge is 0.300 e. The number of aryl methyl sites for hydroxylation is 1. The molecule has 1 aliphatic rings. The fourth-order valence-electron chi connectivity index (χ4n) is 4.63. The van der Waals surface area contributed by atoms with Crippen molar-refractivity contribution in [2.45, 2.75) is 33.2 Å². The van der Waals surface area contributed by atoms with Gasteiger partial charge in [0, 0.05) is 29.2 Å². The second kappa shape index (κ2) is 11.6.